The fraction of sp³-hybridized carbons (Fsp3) is 0.450. The van der Waals surface area contributed by atoms with Crippen molar-refractivity contribution < 1.29 is 13.2 Å². The van der Waals surface area contributed by atoms with Crippen molar-refractivity contribution in [1.82, 2.24) is 15.3 Å². The smallest absolute Gasteiger partial charge is 0.360 e. The van der Waals surface area contributed by atoms with Crippen LogP contribution in [0, 0.1) is 0 Å². The molecule has 0 spiro atoms. The molecule has 1 fully saturated rings. The Hall–Kier alpha value is -2.42. The van der Waals surface area contributed by atoms with Crippen LogP contribution in [0.5, 0.6) is 0 Å². The number of anilines is 2. The van der Waals surface area contributed by atoms with Crippen molar-refractivity contribution in [2.45, 2.75) is 50.9 Å². The van der Waals surface area contributed by atoms with E-state index in [4.69, 9.17) is 12.2 Å². The third-order valence-corrected chi connectivity index (χ3v) is 5.59. The number of hydrogen-bond acceptors (Lipinski definition) is 4. The standard InChI is InChI=1S/C20H22F3N5S/c21-20(22,23)16-11-17(28-10-9-13-5-1-2-6-14(13)12-28)26-18(25-16)27-19(29)24-15-7-3-4-8-15/h1-2,5-6,11,15H,3-4,7-10,12H2,(H2,24,25,26,27,29). The van der Waals surface area contributed by atoms with Crippen LogP contribution in [0.4, 0.5) is 24.9 Å². The molecule has 154 valence electrons. The number of halogens is 3. The van der Waals surface area contributed by atoms with Crippen LogP contribution in [0.1, 0.15) is 42.5 Å². The monoisotopic (exact) mass is 421 g/mol. The van der Waals surface area contributed by atoms with Gasteiger partial charge in [-0.25, -0.2) is 4.98 Å². The molecular weight excluding hydrogens is 399 g/mol. The predicted molar refractivity (Wildman–Crippen MR) is 110 cm³/mol. The molecule has 2 aliphatic rings. The van der Waals surface area contributed by atoms with Gasteiger partial charge in [0, 0.05) is 25.2 Å². The van der Waals surface area contributed by atoms with Gasteiger partial charge in [-0.05, 0) is 42.6 Å². The van der Waals surface area contributed by atoms with Crippen molar-refractivity contribution in [3.05, 3.63) is 47.2 Å². The van der Waals surface area contributed by atoms with Gasteiger partial charge in [0.1, 0.15) is 5.82 Å². The van der Waals surface area contributed by atoms with Crippen LogP contribution in [0.3, 0.4) is 0 Å². The van der Waals surface area contributed by atoms with Gasteiger partial charge in [-0.15, -0.1) is 0 Å². The number of thiocarbonyl (C=S) groups is 1. The zero-order chi connectivity index (χ0) is 20.4. The van der Waals surface area contributed by atoms with E-state index in [2.05, 4.69) is 20.6 Å². The molecule has 0 saturated heterocycles. The number of alkyl halides is 3. The molecule has 1 saturated carbocycles. The van der Waals surface area contributed by atoms with Crippen LogP contribution in [0.2, 0.25) is 0 Å². The Morgan fingerprint density at radius 2 is 1.83 bits per heavy atom. The van der Waals surface area contributed by atoms with Crippen LogP contribution < -0.4 is 15.5 Å². The van der Waals surface area contributed by atoms with Crippen molar-refractivity contribution >= 4 is 29.1 Å². The average molecular weight is 421 g/mol. The van der Waals surface area contributed by atoms with E-state index in [-0.39, 0.29) is 22.9 Å². The summed E-state index contributed by atoms with van der Waals surface area (Å²) in [5, 5.41) is 6.15. The maximum atomic E-state index is 13.4. The molecule has 4 rings (SSSR count). The van der Waals surface area contributed by atoms with Crippen LogP contribution >= 0.6 is 12.2 Å². The van der Waals surface area contributed by atoms with E-state index in [0.29, 0.717) is 13.1 Å². The van der Waals surface area contributed by atoms with E-state index < -0.39 is 11.9 Å². The second-order valence-electron chi connectivity index (χ2n) is 7.45. The highest BCUT2D eigenvalue weighted by atomic mass is 32.1. The minimum absolute atomic E-state index is 0.135. The number of fused-ring (bicyclic) bond motifs is 1. The van der Waals surface area contributed by atoms with Crippen molar-refractivity contribution in [3.8, 4) is 0 Å². The molecule has 0 atom stereocenters. The third-order valence-electron chi connectivity index (χ3n) is 5.37. The second kappa shape index (κ2) is 8.14. The average Bonchev–Trinajstić information content (AvgIpc) is 3.19. The molecule has 1 aromatic carbocycles. The lowest BCUT2D eigenvalue weighted by atomic mass is 10.00. The molecule has 1 aliphatic carbocycles. The SMILES string of the molecule is FC(F)(F)c1cc(N2CCc3ccccc3C2)nc(NC(=S)NC2CCCC2)n1. The first-order chi connectivity index (χ1) is 13.9. The Bertz CT molecular complexity index is 896. The van der Waals surface area contributed by atoms with Crippen molar-refractivity contribution in [3.63, 3.8) is 0 Å². The molecule has 0 radical (unpaired) electrons. The van der Waals surface area contributed by atoms with Crippen LogP contribution in [-0.4, -0.2) is 27.7 Å². The van der Waals surface area contributed by atoms with E-state index in [1.54, 1.807) is 0 Å². The molecule has 29 heavy (non-hydrogen) atoms. The molecular formula is C20H22F3N5S. The maximum Gasteiger partial charge on any atom is 0.433 e. The van der Waals surface area contributed by atoms with E-state index in [1.165, 1.54) is 5.56 Å². The number of aromatic nitrogens is 2. The van der Waals surface area contributed by atoms with Gasteiger partial charge >= 0.3 is 6.18 Å². The first-order valence-corrected chi connectivity index (χ1v) is 10.1. The van der Waals surface area contributed by atoms with Crippen LogP contribution in [-0.2, 0) is 19.1 Å². The second-order valence-corrected chi connectivity index (χ2v) is 7.86. The van der Waals surface area contributed by atoms with E-state index in [1.807, 2.05) is 29.2 Å². The summed E-state index contributed by atoms with van der Waals surface area (Å²) in [6.07, 6.45) is 0.448. The minimum atomic E-state index is -4.57. The number of benzene rings is 1. The fourth-order valence-electron chi connectivity index (χ4n) is 3.88. The summed E-state index contributed by atoms with van der Waals surface area (Å²) in [4.78, 5) is 9.84. The molecule has 1 aliphatic heterocycles. The normalized spacial score (nSPS) is 17.1. The van der Waals surface area contributed by atoms with Gasteiger partial charge in [-0.3, -0.25) is 0 Å². The van der Waals surface area contributed by atoms with Gasteiger partial charge in [-0.1, -0.05) is 37.1 Å². The Labute approximate surface area is 172 Å². The van der Waals surface area contributed by atoms with E-state index in [0.717, 1.165) is 43.7 Å². The first kappa shape index (κ1) is 19.9. The molecule has 0 bridgehead atoms. The summed E-state index contributed by atoms with van der Waals surface area (Å²) in [7, 11) is 0. The Balaban J connectivity index is 1.57. The van der Waals surface area contributed by atoms with E-state index >= 15 is 0 Å². The van der Waals surface area contributed by atoms with Gasteiger partial charge in [0.25, 0.3) is 0 Å². The van der Waals surface area contributed by atoms with Crippen molar-refractivity contribution in [2.24, 2.45) is 0 Å². The minimum Gasteiger partial charge on any atom is -0.360 e. The maximum absolute atomic E-state index is 13.4. The van der Waals surface area contributed by atoms with Crippen molar-refractivity contribution in [1.29, 1.82) is 0 Å². The lowest BCUT2D eigenvalue weighted by molar-refractivity contribution is -0.141. The highest BCUT2D eigenvalue weighted by molar-refractivity contribution is 7.80. The highest BCUT2D eigenvalue weighted by Gasteiger charge is 2.34. The zero-order valence-corrected chi connectivity index (χ0v) is 16.6. The van der Waals surface area contributed by atoms with E-state index in [9.17, 15) is 13.2 Å². The molecule has 0 amide bonds. The number of nitrogens with one attached hydrogen (secondary N) is 2. The molecule has 2 aromatic rings. The largest absolute Gasteiger partial charge is 0.433 e. The number of rotatable bonds is 3. The lowest BCUT2D eigenvalue weighted by Gasteiger charge is -2.30. The lowest BCUT2D eigenvalue weighted by Crippen LogP contribution is -2.37. The molecule has 2 N–H and O–H groups in total. The summed E-state index contributed by atoms with van der Waals surface area (Å²) < 4.78 is 40.3. The van der Waals surface area contributed by atoms with Crippen molar-refractivity contribution in [2.75, 3.05) is 16.8 Å². The summed E-state index contributed by atoms with van der Waals surface area (Å²) in [5.41, 5.74) is 1.33. The van der Waals surface area contributed by atoms with Crippen LogP contribution in [0.25, 0.3) is 0 Å². The van der Waals surface area contributed by atoms with Crippen LogP contribution in [0.15, 0.2) is 30.3 Å². The molecule has 2 heterocycles. The quantitative estimate of drug-likeness (QED) is 0.722. The summed E-state index contributed by atoms with van der Waals surface area (Å²) in [6.45, 7) is 1.10. The Morgan fingerprint density at radius 3 is 2.55 bits per heavy atom. The molecule has 9 heteroatoms. The summed E-state index contributed by atoms with van der Waals surface area (Å²) >= 11 is 5.26. The zero-order valence-electron chi connectivity index (χ0n) is 15.8. The van der Waals surface area contributed by atoms with Gasteiger partial charge in [0.05, 0.1) is 0 Å². The number of nitrogens with zero attached hydrogens (tertiary/aromatic N) is 3. The highest BCUT2D eigenvalue weighted by Crippen LogP contribution is 2.32. The van der Waals surface area contributed by atoms with Gasteiger partial charge < -0.3 is 15.5 Å². The van der Waals surface area contributed by atoms with Gasteiger partial charge in [0.15, 0.2) is 10.8 Å². The number of hydrogen-bond donors (Lipinski definition) is 2. The molecule has 0 unspecified atom stereocenters. The van der Waals surface area contributed by atoms with Gasteiger partial charge in [-0.2, -0.15) is 18.2 Å². The topological polar surface area (TPSA) is 53.1 Å². The fourth-order valence-corrected chi connectivity index (χ4v) is 4.14. The summed E-state index contributed by atoms with van der Waals surface area (Å²) in [6, 6.07) is 9.21. The van der Waals surface area contributed by atoms with Gasteiger partial charge in [0.2, 0.25) is 5.95 Å². The third kappa shape index (κ3) is 4.77. The Morgan fingerprint density at radius 1 is 1.10 bits per heavy atom. The first-order valence-electron chi connectivity index (χ1n) is 9.74. The predicted octanol–water partition coefficient (Wildman–Crippen LogP) is 4.29. The Kier molecular flexibility index (Phi) is 5.58. The summed E-state index contributed by atoms with van der Waals surface area (Å²) in [5.74, 6) is 0.108. The molecule has 1 aromatic heterocycles. The molecule has 5 nitrogen and oxygen atoms in total.